The molecule has 2 aliphatic rings. The van der Waals surface area contributed by atoms with E-state index in [1.807, 2.05) is 48.5 Å². The molecule has 14 nitrogen and oxygen atoms in total. The van der Waals surface area contributed by atoms with Gasteiger partial charge in [-0.15, -0.1) is 0 Å². The maximum atomic E-state index is 14.9. The van der Waals surface area contributed by atoms with E-state index in [1.165, 1.54) is 34.3 Å². The topological polar surface area (TPSA) is 142 Å². The van der Waals surface area contributed by atoms with Crippen LogP contribution in [0.25, 0.3) is 5.69 Å². The molecule has 16 heteroatoms. The molecule has 3 aromatic carbocycles. The molecule has 2 fully saturated rings. The normalized spacial score (nSPS) is 19.7. The molecule has 1 unspecified atom stereocenters. The number of hydrogen-bond acceptors (Lipinski definition) is 10. The van der Waals surface area contributed by atoms with Crippen LogP contribution in [0.5, 0.6) is 5.75 Å². The number of aromatic nitrogens is 6. The summed E-state index contributed by atoms with van der Waals surface area (Å²) >= 11 is 0. The van der Waals surface area contributed by atoms with E-state index in [9.17, 15) is 23.5 Å². The van der Waals surface area contributed by atoms with Crippen molar-refractivity contribution in [1.29, 1.82) is 0 Å². The van der Waals surface area contributed by atoms with Crippen molar-refractivity contribution >= 4 is 17.3 Å². The van der Waals surface area contributed by atoms with Gasteiger partial charge >= 0.3 is 11.7 Å². The lowest BCUT2D eigenvalue weighted by atomic mass is 10.0. The van der Waals surface area contributed by atoms with Gasteiger partial charge in [0.1, 0.15) is 55.6 Å². The fraction of sp³-hybridized carbons (Fsp3) is 0.343. The van der Waals surface area contributed by atoms with Crippen LogP contribution in [0.1, 0.15) is 24.9 Å². The molecule has 0 aliphatic carbocycles. The monoisotopic (exact) mass is 702 g/mol. The highest BCUT2D eigenvalue weighted by Crippen LogP contribution is 2.38. The Labute approximate surface area is 291 Å². The molecule has 7 rings (SSSR count). The number of benzene rings is 3. The molecule has 266 valence electrons. The second kappa shape index (κ2) is 14.3. The predicted molar refractivity (Wildman–Crippen MR) is 180 cm³/mol. The Bertz CT molecular complexity index is 2010. The lowest BCUT2D eigenvalue weighted by molar-refractivity contribution is -0.192. The summed E-state index contributed by atoms with van der Waals surface area (Å²) in [5.41, 5.74) is 2.25. The summed E-state index contributed by atoms with van der Waals surface area (Å²) in [6.07, 6.45) is 3.89. The third-order valence-electron chi connectivity index (χ3n) is 9.11. The average Bonchev–Trinajstić information content (AvgIpc) is 3.90. The number of anilines is 2. The molecule has 2 aromatic heterocycles. The van der Waals surface area contributed by atoms with Gasteiger partial charge in [-0.2, -0.15) is 14.9 Å². The van der Waals surface area contributed by atoms with Gasteiger partial charge in [0.25, 0.3) is 0 Å². The highest BCUT2D eigenvalue weighted by atomic mass is 19.1. The predicted octanol–water partition coefficient (Wildman–Crippen LogP) is 3.61. The van der Waals surface area contributed by atoms with Crippen molar-refractivity contribution in [2.45, 2.75) is 37.8 Å². The van der Waals surface area contributed by atoms with E-state index in [0.29, 0.717) is 11.4 Å². The summed E-state index contributed by atoms with van der Waals surface area (Å²) in [5, 5.41) is 17.5. The Balaban J connectivity index is 0.925. The van der Waals surface area contributed by atoms with Gasteiger partial charge in [0.2, 0.25) is 5.79 Å². The van der Waals surface area contributed by atoms with E-state index in [-0.39, 0.29) is 31.7 Å². The lowest BCUT2D eigenvalue weighted by Crippen LogP contribution is -2.46. The summed E-state index contributed by atoms with van der Waals surface area (Å²) in [7, 11) is 0. The fourth-order valence-corrected chi connectivity index (χ4v) is 6.43. The zero-order valence-corrected chi connectivity index (χ0v) is 27.7. The second-order valence-electron chi connectivity index (χ2n) is 12.3. The van der Waals surface area contributed by atoms with E-state index in [0.717, 1.165) is 54.4 Å². The number of carbonyl (C=O) groups is 1. The molecule has 0 spiro atoms. The van der Waals surface area contributed by atoms with Crippen LogP contribution < -0.4 is 20.2 Å². The molecule has 0 radical (unpaired) electrons. The molecule has 3 atom stereocenters. The van der Waals surface area contributed by atoms with Gasteiger partial charge in [-0.05, 0) is 67.1 Å². The standard InChI is InChI=1S/C35H36F2N8O6/c1-2-32(33(46)47)45-34(48)44(23-40-45)27-6-4-25(5-7-27)41-13-15-42(16-14-41)26-8-10-28(11-9-26)49-18-29-19-50-35(51-29,20-43-22-38-21-39-43)30-12-3-24(36)17-31(30)37/h3-12,17,21-23,29,32H,2,13-16,18-20H2,1H3,(H,46,47)/t29-,32?,35-/m1/s1. The molecule has 2 saturated heterocycles. The van der Waals surface area contributed by atoms with E-state index < -0.39 is 41.2 Å². The first-order valence-electron chi connectivity index (χ1n) is 16.5. The van der Waals surface area contributed by atoms with Crippen molar-refractivity contribution in [2.24, 2.45) is 0 Å². The lowest BCUT2D eigenvalue weighted by Gasteiger charge is -2.37. The van der Waals surface area contributed by atoms with Crippen LogP contribution in [-0.2, 0) is 26.6 Å². The van der Waals surface area contributed by atoms with Crippen LogP contribution in [0.3, 0.4) is 0 Å². The number of rotatable bonds is 12. The largest absolute Gasteiger partial charge is 0.491 e. The Morgan fingerprint density at radius 3 is 2.24 bits per heavy atom. The summed E-state index contributed by atoms with van der Waals surface area (Å²) < 4.78 is 50.6. The smallest absolute Gasteiger partial charge is 0.351 e. The first kappa shape index (κ1) is 33.9. The van der Waals surface area contributed by atoms with Crippen LogP contribution in [0.4, 0.5) is 20.2 Å². The van der Waals surface area contributed by atoms with Gasteiger partial charge in [0.15, 0.2) is 6.04 Å². The van der Waals surface area contributed by atoms with Gasteiger partial charge in [-0.3, -0.25) is 0 Å². The quantitative estimate of drug-likeness (QED) is 0.204. The number of halogens is 2. The maximum absolute atomic E-state index is 14.9. The second-order valence-corrected chi connectivity index (χ2v) is 12.3. The molecule has 1 N–H and O–H groups in total. The Hall–Kier alpha value is -5.61. The first-order valence-corrected chi connectivity index (χ1v) is 16.5. The third kappa shape index (κ3) is 7.05. The van der Waals surface area contributed by atoms with Crippen LogP contribution in [0.2, 0.25) is 0 Å². The highest BCUT2D eigenvalue weighted by molar-refractivity contribution is 5.71. The van der Waals surface area contributed by atoms with Crippen LogP contribution >= 0.6 is 0 Å². The Morgan fingerprint density at radius 2 is 1.63 bits per heavy atom. The maximum Gasteiger partial charge on any atom is 0.351 e. The number of carboxylic acid groups (broad SMARTS) is 1. The van der Waals surface area contributed by atoms with E-state index >= 15 is 0 Å². The zero-order chi connectivity index (χ0) is 35.5. The van der Waals surface area contributed by atoms with Gasteiger partial charge in [0.05, 0.1) is 12.3 Å². The number of aliphatic carboxylic acids is 1. The van der Waals surface area contributed by atoms with Gasteiger partial charge in [-0.25, -0.2) is 32.6 Å². The molecule has 51 heavy (non-hydrogen) atoms. The first-order chi connectivity index (χ1) is 24.7. The molecule has 4 heterocycles. The number of hydrogen-bond donors (Lipinski definition) is 1. The molecule has 2 aliphatic heterocycles. The number of piperazine rings is 1. The number of carboxylic acids is 1. The molecular formula is C35H36F2N8O6. The minimum atomic E-state index is -1.53. The van der Waals surface area contributed by atoms with Gasteiger partial charge in [0, 0.05) is 49.2 Å². The molecule has 0 amide bonds. The molecule has 5 aromatic rings. The number of nitrogens with zero attached hydrogens (tertiary/aromatic N) is 8. The summed E-state index contributed by atoms with van der Waals surface area (Å²) in [6, 6.07) is 17.6. The van der Waals surface area contributed by atoms with E-state index in [2.05, 4.69) is 25.0 Å². The fourth-order valence-electron chi connectivity index (χ4n) is 6.43. The van der Waals surface area contributed by atoms with Crippen LogP contribution in [0.15, 0.2) is 90.5 Å². The van der Waals surface area contributed by atoms with Crippen molar-refractivity contribution in [2.75, 3.05) is 49.2 Å². The van der Waals surface area contributed by atoms with Crippen molar-refractivity contribution in [1.82, 2.24) is 29.1 Å². The van der Waals surface area contributed by atoms with Crippen molar-refractivity contribution in [3.8, 4) is 11.4 Å². The van der Waals surface area contributed by atoms with Crippen molar-refractivity contribution in [3.63, 3.8) is 0 Å². The third-order valence-corrected chi connectivity index (χ3v) is 9.11. The average molecular weight is 703 g/mol. The Morgan fingerprint density at radius 1 is 0.961 bits per heavy atom. The van der Waals surface area contributed by atoms with Crippen LogP contribution in [-0.4, -0.2) is 85.7 Å². The van der Waals surface area contributed by atoms with Crippen molar-refractivity contribution < 1.29 is 32.9 Å². The SMILES string of the molecule is CCC(C(=O)O)n1ncn(-c2ccc(N3CCN(c4ccc(OC[C@@H]5CO[C@@](Cn6cncn6)(c6ccc(F)cc6F)O5)cc4)CC3)cc2)c1=O. The Kier molecular flexibility index (Phi) is 9.51. The minimum Gasteiger partial charge on any atom is -0.491 e. The van der Waals surface area contributed by atoms with Gasteiger partial charge in [-0.1, -0.05) is 6.92 Å². The summed E-state index contributed by atoms with van der Waals surface area (Å²) in [5.74, 6) is -3.47. The van der Waals surface area contributed by atoms with E-state index in [4.69, 9.17) is 14.2 Å². The van der Waals surface area contributed by atoms with Gasteiger partial charge < -0.3 is 29.1 Å². The summed E-state index contributed by atoms with van der Waals surface area (Å²) in [4.78, 5) is 32.8. The van der Waals surface area contributed by atoms with Crippen molar-refractivity contribution in [3.05, 3.63) is 113 Å². The minimum absolute atomic E-state index is 0.0166. The molecule has 0 saturated carbocycles. The van der Waals surface area contributed by atoms with E-state index in [1.54, 1.807) is 6.92 Å². The zero-order valence-electron chi connectivity index (χ0n) is 27.7. The molecular weight excluding hydrogens is 666 g/mol. The number of ether oxygens (including phenoxy) is 3. The molecule has 0 bridgehead atoms. The highest BCUT2D eigenvalue weighted by Gasteiger charge is 2.46. The summed E-state index contributed by atoms with van der Waals surface area (Å²) in [6.45, 7) is 5.16. The van der Waals surface area contributed by atoms with Crippen LogP contribution in [0, 0.1) is 11.6 Å².